The second kappa shape index (κ2) is 7.25. The van der Waals surface area contributed by atoms with E-state index < -0.39 is 0 Å². The second-order valence-electron chi connectivity index (χ2n) is 5.26. The van der Waals surface area contributed by atoms with Gasteiger partial charge in [0.25, 0.3) is 0 Å². The van der Waals surface area contributed by atoms with E-state index in [1.807, 2.05) is 7.11 Å². The standard InChI is InChI=1S/C13H27NO2/c1-11(16-8-7-14(2)3)9-12-5-6-13(10-12)15-4/h11-13H,5-10H2,1-4H3. The van der Waals surface area contributed by atoms with Gasteiger partial charge < -0.3 is 14.4 Å². The first kappa shape index (κ1) is 13.9. The van der Waals surface area contributed by atoms with Crippen LogP contribution in [0.1, 0.15) is 32.6 Å². The third kappa shape index (κ3) is 5.28. The molecule has 1 rings (SSSR count). The maximum absolute atomic E-state index is 5.80. The number of ether oxygens (including phenoxy) is 2. The molecular formula is C13H27NO2. The van der Waals surface area contributed by atoms with Crippen LogP contribution in [0.2, 0.25) is 0 Å². The van der Waals surface area contributed by atoms with E-state index in [-0.39, 0.29) is 0 Å². The molecule has 3 unspecified atom stereocenters. The molecule has 1 fully saturated rings. The van der Waals surface area contributed by atoms with E-state index in [4.69, 9.17) is 9.47 Å². The molecule has 0 aromatic rings. The molecule has 0 aliphatic heterocycles. The average Bonchev–Trinajstić information content (AvgIpc) is 2.65. The Bertz CT molecular complexity index is 185. The highest BCUT2D eigenvalue weighted by atomic mass is 16.5. The van der Waals surface area contributed by atoms with Gasteiger partial charge in [-0.2, -0.15) is 0 Å². The molecule has 0 radical (unpaired) electrons. The molecule has 16 heavy (non-hydrogen) atoms. The number of nitrogens with zero attached hydrogens (tertiary/aromatic N) is 1. The van der Waals surface area contributed by atoms with E-state index in [0.29, 0.717) is 12.2 Å². The summed E-state index contributed by atoms with van der Waals surface area (Å²) >= 11 is 0. The number of hydrogen-bond acceptors (Lipinski definition) is 3. The van der Waals surface area contributed by atoms with Gasteiger partial charge in [0.05, 0.1) is 18.8 Å². The Morgan fingerprint density at radius 2 is 2.06 bits per heavy atom. The predicted molar refractivity (Wildman–Crippen MR) is 66.7 cm³/mol. The average molecular weight is 229 g/mol. The largest absolute Gasteiger partial charge is 0.381 e. The molecule has 1 saturated carbocycles. The van der Waals surface area contributed by atoms with Gasteiger partial charge >= 0.3 is 0 Å². The lowest BCUT2D eigenvalue weighted by atomic mass is 10.0. The quantitative estimate of drug-likeness (QED) is 0.668. The normalized spacial score (nSPS) is 27.6. The molecule has 0 heterocycles. The van der Waals surface area contributed by atoms with Gasteiger partial charge in [-0.1, -0.05) is 0 Å². The molecule has 0 saturated heterocycles. The Morgan fingerprint density at radius 1 is 1.31 bits per heavy atom. The van der Waals surface area contributed by atoms with Crippen LogP contribution in [0.5, 0.6) is 0 Å². The van der Waals surface area contributed by atoms with Crippen LogP contribution in [0.3, 0.4) is 0 Å². The van der Waals surface area contributed by atoms with Crippen molar-refractivity contribution in [3.8, 4) is 0 Å². The summed E-state index contributed by atoms with van der Waals surface area (Å²) in [5.74, 6) is 0.805. The molecule has 0 N–H and O–H groups in total. The molecule has 0 bridgehead atoms. The van der Waals surface area contributed by atoms with Crippen molar-refractivity contribution < 1.29 is 9.47 Å². The fourth-order valence-electron chi connectivity index (χ4n) is 2.43. The fourth-order valence-corrected chi connectivity index (χ4v) is 2.43. The maximum Gasteiger partial charge on any atom is 0.0596 e. The summed E-state index contributed by atoms with van der Waals surface area (Å²) in [5.41, 5.74) is 0. The molecule has 3 nitrogen and oxygen atoms in total. The van der Waals surface area contributed by atoms with Gasteiger partial charge in [0.2, 0.25) is 0 Å². The summed E-state index contributed by atoms with van der Waals surface area (Å²) in [6.07, 6.45) is 5.83. The smallest absolute Gasteiger partial charge is 0.0596 e. The fraction of sp³-hybridized carbons (Fsp3) is 1.00. The summed E-state index contributed by atoms with van der Waals surface area (Å²) < 4.78 is 11.2. The Kier molecular flexibility index (Phi) is 6.32. The van der Waals surface area contributed by atoms with Crippen molar-refractivity contribution in [1.82, 2.24) is 4.90 Å². The third-order valence-electron chi connectivity index (χ3n) is 3.43. The van der Waals surface area contributed by atoms with Gasteiger partial charge in [0.1, 0.15) is 0 Å². The first-order valence-electron chi connectivity index (χ1n) is 6.41. The van der Waals surface area contributed by atoms with Crippen LogP contribution in [0.25, 0.3) is 0 Å². The van der Waals surface area contributed by atoms with Gasteiger partial charge in [-0.3, -0.25) is 0 Å². The predicted octanol–water partition coefficient (Wildman–Crippen LogP) is 2.16. The van der Waals surface area contributed by atoms with E-state index in [2.05, 4.69) is 25.9 Å². The summed E-state index contributed by atoms with van der Waals surface area (Å²) in [7, 11) is 5.98. The molecule has 0 spiro atoms. The highest BCUT2D eigenvalue weighted by molar-refractivity contribution is 4.77. The Balaban J connectivity index is 2.08. The van der Waals surface area contributed by atoms with Crippen LogP contribution >= 0.6 is 0 Å². The van der Waals surface area contributed by atoms with Crippen LogP contribution < -0.4 is 0 Å². The zero-order valence-corrected chi connectivity index (χ0v) is 11.2. The van der Waals surface area contributed by atoms with Crippen LogP contribution in [-0.2, 0) is 9.47 Å². The minimum atomic E-state index is 0.389. The summed E-state index contributed by atoms with van der Waals surface area (Å²) in [6, 6.07) is 0. The van der Waals surface area contributed by atoms with Crippen molar-refractivity contribution in [2.45, 2.75) is 44.8 Å². The number of rotatable bonds is 7. The minimum Gasteiger partial charge on any atom is -0.381 e. The summed E-state index contributed by atoms with van der Waals surface area (Å²) in [5, 5.41) is 0. The maximum atomic E-state index is 5.80. The lowest BCUT2D eigenvalue weighted by Crippen LogP contribution is -2.22. The number of methoxy groups -OCH3 is 1. The van der Waals surface area contributed by atoms with E-state index in [9.17, 15) is 0 Å². The molecule has 3 atom stereocenters. The van der Waals surface area contributed by atoms with Crippen molar-refractivity contribution in [1.29, 1.82) is 0 Å². The SMILES string of the molecule is COC1CCC(CC(C)OCCN(C)C)C1. The van der Waals surface area contributed by atoms with E-state index in [0.717, 1.165) is 19.1 Å². The van der Waals surface area contributed by atoms with Crippen molar-refractivity contribution >= 4 is 0 Å². The molecule has 3 heteroatoms. The Morgan fingerprint density at radius 3 is 2.62 bits per heavy atom. The molecule has 96 valence electrons. The summed E-state index contributed by atoms with van der Waals surface area (Å²) in [4.78, 5) is 2.16. The first-order chi connectivity index (χ1) is 7.61. The van der Waals surface area contributed by atoms with Gasteiger partial charge in [-0.15, -0.1) is 0 Å². The zero-order valence-electron chi connectivity index (χ0n) is 11.2. The highest BCUT2D eigenvalue weighted by Crippen LogP contribution is 2.31. The van der Waals surface area contributed by atoms with Gasteiger partial charge in [0, 0.05) is 13.7 Å². The lowest BCUT2D eigenvalue weighted by Gasteiger charge is -2.18. The van der Waals surface area contributed by atoms with Crippen molar-refractivity contribution in [3.63, 3.8) is 0 Å². The van der Waals surface area contributed by atoms with E-state index in [1.165, 1.54) is 25.7 Å². The van der Waals surface area contributed by atoms with Crippen LogP contribution in [-0.4, -0.2) is 51.5 Å². The van der Waals surface area contributed by atoms with Crippen molar-refractivity contribution in [2.24, 2.45) is 5.92 Å². The highest BCUT2D eigenvalue weighted by Gasteiger charge is 2.25. The lowest BCUT2D eigenvalue weighted by molar-refractivity contribution is 0.0380. The Hall–Kier alpha value is -0.120. The zero-order chi connectivity index (χ0) is 12.0. The van der Waals surface area contributed by atoms with Gasteiger partial charge in [-0.25, -0.2) is 0 Å². The summed E-state index contributed by atoms with van der Waals surface area (Å²) in [6.45, 7) is 4.04. The monoisotopic (exact) mass is 229 g/mol. The number of likely N-dealkylation sites (N-methyl/N-ethyl adjacent to an activating group) is 1. The molecule has 0 aromatic heterocycles. The van der Waals surface area contributed by atoms with Crippen LogP contribution in [0.4, 0.5) is 0 Å². The molecule has 1 aliphatic rings. The molecule has 0 amide bonds. The van der Waals surface area contributed by atoms with Crippen molar-refractivity contribution in [2.75, 3.05) is 34.4 Å². The van der Waals surface area contributed by atoms with E-state index >= 15 is 0 Å². The molecule has 1 aliphatic carbocycles. The Labute approximate surface area is 100 Å². The van der Waals surface area contributed by atoms with Gasteiger partial charge in [-0.05, 0) is 52.6 Å². The van der Waals surface area contributed by atoms with Crippen molar-refractivity contribution in [3.05, 3.63) is 0 Å². The van der Waals surface area contributed by atoms with Crippen LogP contribution in [0.15, 0.2) is 0 Å². The van der Waals surface area contributed by atoms with E-state index in [1.54, 1.807) is 0 Å². The number of hydrogen-bond donors (Lipinski definition) is 0. The topological polar surface area (TPSA) is 21.7 Å². The molecular weight excluding hydrogens is 202 g/mol. The molecule has 0 aromatic carbocycles. The second-order valence-corrected chi connectivity index (χ2v) is 5.26. The van der Waals surface area contributed by atoms with Crippen LogP contribution in [0, 0.1) is 5.92 Å². The first-order valence-corrected chi connectivity index (χ1v) is 6.41. The van der Waals surface area contributed by atoms with Gasteiger partial charge in [0.15, 0.2) is 0 Å². The third-order valence-corrected chi connectivity index (χ3v) is 3.43. The minimum absolute atomic E-state index is 0.389.